The third-order valence-corrected chi connectivity index (χ3v) is 6.11. The number of anilines is 1. The van der Waals surface area contributed by atoms with Crippen LogP contribution in [0, 0.1) is 6.92 Å². The molecular weight excluding hydrogens is 488 g/mol. The van der Waals surface area contributed by atoms with Crippen molar-refractivity contribution in [3.63, 3.8) is 0 Å². The van der Waals surface area contributed by atoms with E-state index in [4.69, 9.17) is 16.3 Å². The Morgan fingerprint density at radius 3 is 2.73 bits per heavy atom. The molecular formula is C21H22BrClN4O2S. The van der Waals surface area contributed by atoms with Gasteiger partial charge in [0.15, 0.2) is 5.16 Å². The lowest BCUT2D eigenvalue weighted by molar-refractivity contribution is -0.113. The van der Waals surface area contributed by atoms with E-state index >= 15 is 0 Å². The number of carbonyl (C=O) groups excluding carboxylic acids is 1. The summed E-state index contributed by atoms with van der Waals surface area (Å²) in [5.41, 5.74) is 1.78. The fourth-order valence-electron chi connectivity index (χ4n) is 2.74. The SMILES string of the molecule is Cc1cc(Cl)ccc1OCCCc1nnc(SCC(=O)Nc2ccc(Br)cc2)n1C. The van der Waals surface area contributed by atoms with E-state index < -0.39 is 0 Å². The van der Waals surface area contributed by atoms with E-state index in [-0.39, 0.29) is 11.7 Å². The molecule has 6 nitrogen and oxygen atoms in total. The Labute approximate surface area is 193 Å². The summed E-state index contributed by atoms with van der Waals surface area (Å²) in [4.78, 5) is 12.2. The number of aryl methyl sites for hydroxylation is 2. The van der Waals surface area contributed by atoms with Crippen LogP contribution in [0.15, 0.2) is 52.1 Å². The number of hydrogen-bond acceptors (Lipinski definition) is 5. The molecule has 0 fully saturated rings. The molecule has 0 radical (unpaired) electrons. The summed E-state index contributed by atoms with van der Waals surface area (Å²) >= 11 is 10.7. The Morgan fingerprint density at radius 1 is 1.23 bits per heavy atom. The molecule has 0 aliphatic rings. The molecule has 2 aromatic carbocycles. The first kappa shape index (κ1) is 22.7. The molecule has 0 unspecified atom stereocenters. The van der Waals surface area contributed by atoms with Gasteiger partial charge in [-0.15, -0.1) is 10.2 Å². The maximum atomic E-state index is 12.2. The second-order valence-corrected chi connectivity index (χ2v) is 8.96. The standard InChI is InChI=1S/C21H22BrClN4O2S/c1-14-12-16(23)7-10-18(14)29-11-3-4-19-25-26-21(27(19)2)30-13-20(28)24-17-8-5-15(22)6-9-17/h5-10,12H,3-4,11,13H2,1-2H3,(H,24,28). The third-order valence-electron chi connectivity index (χ3n) is 4.32. The summed E-state index contributed by atoms with van der Waals surface area (Å²) in [6.45, 7) is 2.55. The lowest BCUT2D eigenvalue weighted by Gasteiger charge is -2.09. The Morgan fingerprint density at radius 2 is 2.00 bits per heavy atom. The van der Waals surface area contributed by atoms with Gasteiger partial charge in [-0.3, -0.25) is 4.79 Å². The van der Waals surface area contributed by atoms with E-state index in [1.54, 1.807) is 0 Å². The molecule has 1 amide bonds. The monoisotopic (exact) mass is 508 g/mol. The van der Waals surface area contributed by atoms with Crippen molar-refractivity contribution < 1.29 is 9.53 Å². The molecule has 30 heavy (non-hydrogen) atoms. The van der Waals surface area contributed by atoms with Gasteiger partial charge in [0.25, 0.3) is 0 Å². The highest BCUT2D eigenvalue weighted by molar-refractivity contribution is 9.10. The highest BCUT2D eigenvalue weighted by Gasteiger charge is 2.12. The first-order chi connectivity index (χ1) is 14.4. The summed E-state index contributed by atoms with van der Waals surface area (Å²) in [5.74, 6) is 1.88. The van der Waals surface area contributed by atoms with Gasteiger partial charge in [0.05, 0.1) is 12.4 Å². The highest BCUT2D eigenvalue weighted by atomic mass is 79.9. The molecule has 1 heterocycles. The van der Waals surface area contributed by atoms with Crippen LogP contribution in [0.1, 0.15) is 17.8 Å². The summed E-state index contributed by atoms with van der Waals surface area (Å²) < 4.78 is 8.72. The van der Waals surface area contributed by atoms with E-state index in [1.165, 1.54) is 11.8 Å². The summed E-state index contributed by atoms with van der Waals surface area (Å²) in [6.07, 6.45) is 1.55. The van der Waals surface area contributed by atoms with E-state index in [0.29, 0.717) is 16.8 Å². The number of rotatable bonds is 9. The lowest BCUT2D eigenvalue weighted by atomic mass is 10.2. The molecule has 0 atom stereocenters. The number of halogens is 2. The van der Waals surface area contributed by atoms with Crippen molar-refractivity contribution in [2.24, 2.45) is 7.05 Å². The summed E-state index contributed by atoms with van der Waals surface area (Å²) in [5, 5.41) is 12.7. The van der Waals surface area contributed by atoms with Crippen LogP contribution in [0.25, 0.3) is 0 Å². The second kappa shape index (κ2) is 10.8. The zero-order chi connectivity index (χ0) is 21.5. The molecule has 0 aliphatic heterocycles. The van der Waals surface area contributed by atoms with Gasteiger partial charge in [-0.25, -0.2) is 0 Å². The maximum Gasteiger partial charge on any atom is 0.234 e. The number of carbonyl (C=O) groups is 1. The predicted molar refractivity (Wildman–Crippen MR) is 125 cm³/mol. The van der Waals surface area contributed by atoms with Crippen molar-refractivity contribution >= 4 is 50.9 Å². The minimum Gasteiger partial charge on any atom is -0.493 e. The number of ether oxygens (including phenoxy) is 1. The van der Waals surface area contributed by atoms with Gasteiger partial charge < -0.3 is 14.6 Å². The van der Waals surface area contributed by atoms with Gasteiger partial charge in [0.1, 0.15) is 11.6 Å². The topological polar surface area (TPSA) is 69.0 Å². The summed E-state index contributed by atoms with van der Waals surface area (Å²) in [7, 11) is 1.91. The van der Waals surface area contributed by atoms with E-state index in [9.17, 15) is 4.79 Å². The van der Waals surface area contributed by atoms with Crippen molar-refractivity contribution in [2.75, 3.05) is 17.7 Å². The Kier molecular flexibility index (Phi) is 8.18. The zero-order valence-electron chi connectivity index (χ0n) is 16.7. The van der Waals surface area contributed by atoms with Crippen LogP contribution in [-0.4, -0.2) is 33.0 Å². The Hall–Kier alpha value is -2.03. The molecule has 0 aliphatic carbocycles. The molecule has 158 valence electrons. The molecule has 0 saturated carbocycles. The number of thioether (sulfide) groups is 1. The van der Waals surface area contributed by atoms with Crippen LogP contribution in [-0.2, 0) is 18.3 Å². The van der Waals surface area contributed by atoms with Crippen LogP contribution in [0.3, 0.4) is 0 Å². The number of benzene rings is 2. The number of aromatic nitrogens is 3. The molecule has 0 spiro atoms. The van der Waals surface area contributed by atoms with Crippen LogP contribution in [0.5, 0.6) is 5.75 Å². The van der Waals surface area contributed by atoms with Gasteiger partial charge in [-0.2, -0.15) is 0 Å². The number of amides is 1. The van der Waals surface area contributed by atoms with E-state index in [0.717, 1.165) is 40.1 Å². The quantitative estimate of drug-likeness (QED) is 0.314. The van der Waals surface area contributed by atoms with Crippen LogP contribution in [0.4, 0.5) is 5.69 Å². The van der Waals surface area contributed by atoms with Crippen molar-refractivity contribution in [1.82, 2.24) is 14.8 Å². The van der Waals surface area contributed by atoms with Gasteiger partial charge in [0.2, 0.25) is 5.91 Å². The van der Waals surface area contributed by atoms with Gasteiger partial charge in [-0.05, 0) is 61.4 Å². The average molecular weight is 510 g/mol. The predicted octanol–water partition coefficient (Wildman–Crippen LogP) is 5.28. The molecule has 3 rings (SSSR count). The number of nitrogens with zero attached hydrogens (tertiary/aromatic N) is 3. The number of hydrogen-bond donors (Lipinski definition) is 1. The largest absolute Gasteiger partial charge is 0.493 e. The summed E-state index contributed by atoms with van der Waals surface area (Å²) in [6, 6.07) is 13.1. The third kappa shape index (κ3) is 6.48. The van der Waals surface area contributed by atoms with Gasteiger partial charge in [0, 0.05) is 28.7 Å². The molecule has 0 saturated heterocycles. The fourth-order valence-corrected chi connectivity index (χ4v) is 3.96. The minimum absolute atomic E-state index is 0.0846. The van der Waals surface area contributed by atoms with Crippen molar-refractivity contribution in [1.29, 1.82) is 0 Å². The zero-order valence-corrected chi connectivity index (χ0v) is 19.9. The fraction of sp³-hybridized carbons (Fsp3) is 0.286. The van der Waals surface area contributed by atoms with E-state index in [1.807, 2.05) is 61.0 Å². The van der Waals surface area contributed by atoms with Crippen LogP contribution >= 0.6 is 39.3 Å². The highest BCUT2D eigenvalue weighted by Crippen LogP contribution is 2.22. The maximum absolute atomic E-state index is 12.2. The van der Waals surface area contributed by atoms with Crippen LogP contribution < -0.4 is 10.1 Å². The van der Waals surface area contributed by atoms with Crippen LogP contribution in [0.2, 0.25) is 5.02 Å². The van der Waals surface area contributed by atoms with Crippen molar-refractivity contribution in [2.45, 2.75) is 24.9 Å². The van der Waals surface area contributed by atoms with Crippen molar-refractivity contribution in [3.05, 3.63) is 63.3 Å². The van der Waals surface area contributed by atoms with Gasteiger partial charge >= 0.3 is 0 Å². The Balaban J connectivity index is 1.43. The first-order valence-corrected chi connectivity index (χ1v) is 11.5. The average Bonchev–Trinajstić information content (AvgIpc) is 3.06. The minimum atomic E-state index is -0.0846. The smallest absolute Gasteiger partial charge is 0.234 e. The molecule has 1 aromatic heterocycles. The van der Waals surface area contributed by atoms with E-state index in [2.05, 4.69) is 31.4 Å². The van der Waals surface area contributed by atoms with Crippen molar-refractivity contribution in [3.8, 4) is 5.75 Å². The van der Waals surface area contributed by atoms with Gasteiger partial charge in [-0.1, -0.05) is 39.3 Å². The lowest BCUT2D eigenvalue weighted by Crippen LogP contribution is -2.14. The normalized spacial score (nSPS) is 10.8. The molecule has 0 bridgehead atoms. The molecule has 1 N–H and O–H groups in total. The molecule has 9 heteroatoms. The molecule has 3 aromatic rings. The number of nitrogens with one attached hydrogen (secondary N) is 1. The first-order valence-electron chi connectivity index (χ1n) is 9.38. The second-order valence-electron chi connectivity index (χ2n) is 6.66. The Bertz CT molecular complexity index is 1010.